The zero-order valence-corrected chi connectivity index (χ0v) is 13.8. The SMILES string of the molecule is CCC(CC)C(=O)Nc1ccc(Nc2ccc3c(c2)OCO3)nc1. The number of hydrogen-bond acceptors (Lipinski definition) is 5. The summed E-state index contributed by atoms with van der Waals surface area (Å²) in [5.41, 5.74) is 1.56. The number of nitrogens with zero attached hydrogens (tertiary/aromatic N) is 1. The summed E-state index contributed by atoms with van der Waals surface area (Å²) in [6, 6.07) is 9.29. The van der Waals surface area contributed by atoms with Gasteiger partial charge in [-0.2, -0.15) is 0 Å². The third-order valence-corrected chi connectivity index (χ3v) is 4.03. The molecule has 2 aromatic rings. The molecule has 0 aliphatic carbocycles. The Morgan fingerprint density at radius 2 is 1.88 bits per heavy atom. The molecule has 6 nitrogen and oxygen atoms in total. The van der Waals surface area contributed by atoms with Gasteiger partial charge in [-0.1, -0.05) is 13.8 Å². The van der Waals surface area contributed by atoms with Crippen molar-refractivity contribution in [3.63, 3.8) is 0 Å². The van der Waals surface area contributed by atoms with E-state index in [2.05, 4.69) is 15.6 Å². The maximum absolute atomic E-state index is 12.1. The van der Waals surface area contributed by atoms with Crippen molar-refractivity contribution in [1.82, 2.24) is 4.98 Å². The fourth-order valence-corrected chi connectivity index (χ4v) is 2.57. The van der Waals surface area contributed by atoms with E-state index >= 15 is 0 Å². The predicted molar refractivity (Wildman–Crippen MR) is 92.8 cm³/mol. The third kappa shape index (κ3) is 3.59. The van der Waals surface area contributed by atoms with Gasteiger partial charge in [0.05, 0.1) is 11.9 Å². The topological polar surface area (TPSA) is 72.5 Å². The Kier molecular flexibility index (Phi) is 4.84. The molecule has 1 aromatic carbocycles. The Morgan fingerprint density at radius 3 is 2.58 bits per heavy atom. The smallest absolute Gasteiger partial charge is 0.231 e. The van der Waals surface area contributed by atoms with Crippen LogP contribution in [-0.2, 0) is 4.79 Å². The second kappa shape index (κ2) is 7.21. The number of amides is 1. The second-order valence-corrected chi connectivity index (χ2v) is 5.63. The van der Waals surface area contributed by atoms with Gasteiger partial charge in [0.15, 0.2) is 11.5 Å². The average molecular weight is 327 g/mol. The number of nitrogens with one attached hydrogen (secondary N) is 2. The Bertz CT molecular complexity index is 712. The molecule has 0 bridgehead atoms. The number of aromatic nitrogens is 1. The number of carbonyl (C=O) groups excluding carboxylic acids is 1. The van der Waals surface area contributed by atoms with Crippen LogP contribution < -0.4 is 20.1 Å². The van der Waals surface area contributed by atoms with Crippen LogP contribution in [0.15, 0.2) is 36.5 Å². The lowest BCUT2D eigenvalue weighted by Crippen LogP contribution is -2.21. The van der Waals surface area contributed by atoms with E-state index in [-0.39, 0.29) is 18.6 Å². The second-order valence-electron chi connectivity index (χ2n) is 5.63. The number of carbonyl (C=O) groups is 1. The summed E-state index contributed by atoms with van der Waals surface area (Å²) in [4.78, 5) is 16.4. The molecule has 0 atom stereocenters. The minimum absolute atomic E-state index is 0.0384. The van der Waals surface area contributed by atoms with Gasteiger partial charge in [-0.25, -0.2) is 4.98 Å². The Labute approximate surface area is 141 Å². The first-order valence-electron chi connectivity index (χ1n) is 8.13. The molecule has 0 saturated heterocycles. The summed E-state index contributed by atoms with van der Waals surface area (Å²) in [5.74, 6) is 2.23. The van der Waals surface area contributed by atoms with Crippen LogP contribution in [0.2, 0.25) is 0 Å². The van der Waals surface area contributed by atoms with Gasteiger partial charge in [0.1, 0.15) is 5.82 Å². The van der Waals surface area contributed by atoms with Gasteiger partial charge < -0.3 is 20.1 Å². The molecule has 24 heavy (non-hydrogen) atoms. The van der Waals surface area contributed by atoms with E-state index in [9.17, 15) is 4.79 Å². The average Bonchev–Trinajstić information content (AvgIpc) is 3.05. The summed E-state index contributed by atoms with van der Waals surface area (Å²) in [5, 5.41) is 6.10. The fraction of sp³-hybridized carbons (Fsp3) is 0.333. The van der Waals surface area contributed by atoms with Gasteiger partial charge in [0.25, 0.3) is 0 Å². The number of anilines is 3. The largest absolute Gasteiger partial charge is 0.454 e. The highest BCUT2D eigenvalue weighted by atomic mass is 16.7. The van der Waals surface area contributed by atoms with Crippen molar-refractivity contribution in [3.05, 3.63) is 36.5 Å². The summed E-state index contributed by atoms with van der Waals surface area (Å²) in [7, 11) is 0. The van der Waals surface area contributed by atoms with Gasteiger partial charge in [0, 0.05) is 17.7 Å². The number of benzene rings is 1. The highest BCUT2D eigenvalue weighted by Crippen LogP contribution is 2.34. The van der Waals surface area contributed by atoms with Gasteiger partial charge in [-0.05, 0) is 37.1 Å². The molecule has 1 aliphatic rings. The Morgan fingerprint density at radius 1 is 1.12 bits per heavy atom. The molecule has 2 heterocycles. The zero-order valence-electron chi connectivity index (χ0n) is 13.8. The molecule has 6 heteroatoms. The van der Waals surface area contributed by atoms with Crippen molar-refractivity contribution in [2.45, 2.75) is 26.7 Å². The lowest BCUT2D eigenvalue weighted by atomic mass is 10.0. The quantitative estimate of drug-likeness (QED) is 0.841. The van der Waals surface area contributed by atoms with Crippen molar-refractivity contribution in [3.8, 4) is 11.5 Å². The van der Waals surface area contributed by atoms with E-state index in [0.29, 0.717) is 17.3 Å². The van der Waals surface area contributed by atoms with Crippen LogP contribution >= 0.6 is 0 Å². The zero-order chi connectivity index (χ0) is 16.9. The fourth-order valence-electron chi connectivity index (χ4n) is 2.57. The van der Waals surface area contributed by atoms with Crippen molar-refractivity contribution in [2.24, 2.45) is 5.92 Å². The molecule has 0 unspecified atom stereocenters. The minimum Gasteiger partial charge on any atom is -0.454 e. The van der Waals surface area contributed by atoms with Gasteiger partial charge >= 0.3 is 0 Å². The monoisotopic (exact) mass is 327 g/mol. The van der Waals surface area contributed by atoms with Crippen molar-refractivity contribution in [2.75, 3.05) is 17.4 Å². The molecular formula is C18H21N3O3. The number of pyridine rings is 1. The molecule has 0 spiro atoms. The maximum atomic E-state index is 12.1. The van der Waals surface area contributed by atoms with E-state index in [4.69, 9.17) is 9.47 Å². The molecule has 126 valence electrons. The third-order valence-electron chi connectivity index (χ3n) is 4.03. The van der Waals surface area contributed by atoms with Crippen LogP contribution in [0.4, 0.5) is 17.2 Å². The Balaban J connectivity index is 1.63. The first-order chi connectivity index (χ1) is 11.7. The van der Waals surface area contributed by atoms with E-state index in [1.54, 1.807) is 6.20 Å². The lowest BCUT2D eigenvalue weighted by Gasteiger charge is -2.13. The van der Waals surface area contributed by atoms with E-state index < -0.39 is 0 Å². The highest BCUT2D eigenvalue weighted by Gasteiger charge is 2.15. The molecule has 1 amide bonds. The van der Waals surface area contributed by atoms with E-state index in [1.165, 1.54) is 0 Å². The Hall–Kier alpha value is -2.76. The lowest BCUT2D eigenvalue weighted by molar-refractivity contribution is -0.120. The first kappa shape index (κ1) is 16.1. The van der Waals surface area contributed by atoms with Crippen LogP contribution in [0.3, 0.4) is 0 Å². The summed E-state index contributed by atoms with van der Waals surface area (Å²) in [6.07, 6.45) is 3.31. The van der Waals surface area contributed by atoms with Crippen LogP contribution in [0, 0.1) is 5.92 Å². The van der Waals surface area contributed by atoms with Crippen LogP contribution in [-0.4, -0.2) is 17.7 Å². The standard InChI is InChI=1S/C18H21N3O3/c1-3-12(4-2)18(22)21-14-6-8-17(19-10-14)20-13-5-7-15-16(9-13)24-11-23-15/h5-10,12H,3-4,11H2,1-2H3,(H,19,20)(H,21,22). The number of rotatable bonds is 6. The van der Waals surface area contributed by atoms with E-state index in [0.717, 1.165) is 24.3 Å². The molecule has 2 N–H and O–H groups in total. The predicted octanol–water partition coefficient (Wildman–Crippen LogP) is 3.93. The number of fused-ring (bicyclic) bond motifs is 1. The van der Waals surface area contributed by atoms with Gasteiger partial charge in [-0.3, -0.25) is 4.79 Å². The van der Waals surface area contributed by atoms with E-state index in [1.807, 2.05) is 44.2 Å². The van der Waals surface area contributed by atoms with Crippen LogP contribution in [0.5, 0.6) is 11.5 Å². The van der Waals surface area contributed by atoms with Gasteiger partial charge in [0.2, 0.25) is 12.7 Å². The molecule has 0 saturated carbocycles. The minimum atomic E-state index is 0.0384. The highest BCUT2D eigenvalue weighted by molar-refractivity contribution is 5.92. The van der Waals surface area contributed by atoms with Crippen LogP contribution in [0.25, 0.3) is 0 Å². The van der Waals surface area contributed by atoms with Crippen molar-refractivity contribution in [1.29, 1.82) is 0 Å². The van der Waals surface area contributed by atoms with Gasteiger partial charge in [-0.15, -0.1) is 0 Å². The van der Waals surface area contributed by atoms with Crippen LogP contribution in [0.1, 0.15) is 26.7 Å². The van der Waals surface area contributed by atoms with Crippen molar-refractivity contribution < 1.29 is 14.3 Å². The molecule has 1 aliphatic heterocycles. The first-order valence-corrected chi connectivity index (χ1v) is 8.13. The number of ether oxygens (including phenoxy) is 2. The summed E-state index contributed by atoms with van der Waals surface area (Å²) >= 11 is 0. The van der Waals surface area contributed by atoms with Crippen molar-refractivity contribution >= 4 is 23.1 Å². The number of hydrogen-bond donors (Lipinski definition) is 2. The summed E-state index contributed by atoms with van der Waals surface area (Å²) in [6.45, 7) is 4.29. The molecule has 3 rings (SSSR count). The molecular weight excluding hydrogens is 306 g/mol. The maximum Gasteiger partial charge on any atom is 0.231 e. The molecule has 1 aromatic heterocycles. The molecule has 0 radical (unpaired) electrons. The molecule has 0 fully saturated rings. The normalized spacial score (nSPS) is 12.3. The summed E-state index contributed by atoms with van der Waals surface area (Å²) < 4.78 is 10.6.